The van der Waals surface area contributed by atoms with E-state index in [0.717, 1.165) is 0 Å². The summed E-state index contributed by atoms with van der Waals surface area (Å²) >= 11 is 19.6. The van der Waals surface area contributed by atoms with E-state index < -0.39 is 5.82 Å². The summed E-state index contributed by atoms with van der Waals surface area (Å²) in [6.07, 6.45) is 0. The lowest BCUT2D eigenvalue weighted by Gasteiger charge is -2.11. The van der Waals surface area contributed by atoms with Crippen LogP contribution in [0.1, 0.15) is 5.56 Å². The first-order valence-corrected chi connectivity index (χ1v) is 7.26. The van der Waals surface area contributed by atoms with E-state index >= 15 is 0 Å². The van der Waals surface area contributed by atoms with E-state index in [1.54, 1.807) is 12.1 Å². The Balaban J connectivity index is 2.39. The molecule has 0 unspecified atom stereocenters. The van der Waals surface area contributed by atoms with Gasteiger partial charge in [0.2, 0.25) is 0 Å². The molecule has 0 spiro atoms. The summed E-state index contributed by atoms with van der Waals surface area (Å²) < 4.78 is 19.7. The zero-order valence-corrected chi connectivity index (χ0v) is 13.7. The summed E-state index contributed by atoms with van der Waals surface area (Å²) in [6.45, 7) is 0. The second-order valence-corrected chi connectivity index (χ2v) is 5.92. The molecule has 0 amide bonds. The molecule has 0 atom stereocenters. The Labute approximate surface area is 138 Å². The third kappa shape index (κ3) is 3.41. The summed E-state index contributed by atoms with van der Waals surface area (Å²) in [6, 6.07) is 7.61. The van der Waals surface area contributed by atoms with Gasteiger partial charge in [0.1, 0.15) is 10.7 Å². The minimum absolute atomic E-state index is 0.00945. The molecule has 0 fully saturated rings. The van der Waals surface area contributed by atoms with Crippen LogP contribution in [0.2, 0.25) is 10.0 Å². The molecule has 0 aliphatic heterocycles. The standard InChI is InChI=1S/C13H7BrCl2FNOS/c14-11-9(13(18)20)1-2-10(12(11)17)19-8-4-6(15)3-7(16)5-8/h1-5H,(H2,18,20). The van der Waals surface area contributed by atoms with Gasteiger partial charge in [-0.05, 0) is 46.3 Å². The van der Waals surface area contributed by atoms with Crippen molar-refractivity contribution in [1.82, 2.24) is 0 Å². The smallest absolute Gasteiger partial charge is 0.180 e. The van der Waals surface area contributed by atoms with Gasteiger partial charge in [-0.1, -0.05) is 35.4 Å². The number of benzene rings is 2. The van der Waals surface area contributed by atoms with Crippen LogP contribution in [0.5, 0.6) is 11.5 Å². The molecule has 2 aromatic rings. The molecule has 0 aliphatic carbocycles. The van der Waals surface area contributed by atoms with E-state index in [1.807, 2.05) is 0 Å². The van der Waals surface area contributed by atoms with Crippen molar-refractivity contribution in [1.29, 1.82) is 0 Å². The number of ether oxygens (including phenoxy) is 1. The fourth-order valence-corrected chi connectivity index (χ4v) is 2.86. The predicted molar refractivity (Wildman–Crippen MR) is 86.5 cm³/mol. The zero-order chi connectivity index (χ0) is 14.9. The lowest BCUT2D eigenvalue weighted by Crippen LogP contribution is -2.11. The van der Waals surface area contributed by atoms with E-state index in [0.29, 0.717) is 21.4 Å². The third-order valence-electron chi connectivity index (χ3n) is 2.38. The Morgan fingerprint density at radius 1 is 1.20 bits per heavy atom. The topological polar surface area (TPSA) is 35.2 Å². The zero-order valence-electron chi connectivity index (χ0n) is 9.79. The fourth-order valence-electron chi connectivity index (χ4n) is 1.52. The number of nitrogens with two attached hydrogens (primary N) is 1. The van der Waals surface area contributed by atoms with Gasteiger partial charge in [0.05, 0.1) is 4.47 Å². The number of rotatable bonds is 3. The molecule has 2 nitrogen and oxygen atoms in total. The summed E-state index contributed by atoms with van der Waals surface area (Å²) in [5.41, 5.74) is 5.88. The molecule has 2 aromatic carbocycles. The average molecular weight is 395 g/mol. The highest BCUT2D eigenvalue weighted by molar-refractivity contribution is 9.10. The summed E-state index contributed by atoms with van der Waals surface area (Å²) in [5.74, 6) is -0.266. The van der Waals surface area contributed by atoms with Gasteiger partial charge in [0, 0.05) is 15.6 Å². The maximum Gasteiger partial charge on any atom is 0.180 e. The average Bonchev–Trinajstić information content (AvgIpc) is 2.33. The highest BCUT2D eigenvalue weighted by Gasteiger charge is 2.14. The van der Waals surface area contributed by atoms with Gasteiger partial charge < -0.3 is 10.5 Å². The first kappa shape index (κ1) is 15.5. The maximum absolute atomic E-state index is 14.2. The van der Waals surface area contributed by atoms with Crippen LogP contribution in [0.15, 0.2) is 34.8 Å². The van der Waals surface area contributed by atoms with Crippen molar-refractivity contribution >= 4 is 56.3 Å². The van der Waals surface area contributed by atoms with Gasteiger partial charge in [-0.3, -0.25) is 0 Å². The molecule has 0 bridgehead atoms. The Morgan fingerprint density at radius 2 is 1.80 bits per heavy atom. The lowest BCUT2D eigenvalue weighted by atomic mass is 10.2. The Morgan fingerprint density at radius 3 is 2.35 bits per heavy atom. The van der Waals surface area contributed by atoms with Crippen LogP contribution in [-0.4, -0.2) is 4.99 Å². The van der Waals surface area contributed by atoms with Crippen LogP contribution >= 0.6 is 51.3 Å². The van der Waals surface area contributed by atoms with E-state index in [2.05, 4.69) is 15.9 Å². The van der Waals surface area contributed by atoms with Crippen LogP contribution in [0.3, 0.4) is 0 Å². The molecular weight excluding hydrogens is 388 g/mol. The van der Waals surface area contributed by atoms with Crippen LogP contribution < -0.4 is 10.5 Å². The molecule has 0 aromatic heterocycles. The van der Waals surface area contributed by atoms with Crippen molar-refractivity contribution in [3.63, 3.8) is 0 Å². The van der Waals surface area contributed by atoms with E-state index in [-0.39, 0.29) is 15.2 Å². The molecule has 0 aliphatic rings. The van der Waals surface area contributed by atoms with E-state index in [4.69, 9.17) is 45.9 Å². The highest BCUT2D eigenvalue weighted by Crippen LogP contribution is 2.33. The van der Waals surface area contributed by atoms with Gasteiger partial charge in [-0.25, -0.2) is 4.39 Å². The Bertz CT molecular complexity index is 676. The molecular formula is C13H7BrCl2FNOS. The van der Waals surface area contributed by atoms with Crippen molar-refractivity contribution < 1.29 is 9.13 Å². The fraction of sp³-hybridized carbons (Fsp3) is 0. The van der Waals surface area contributed by atoms with Crippen molar-refractivity contribution in [2.45, 2.75) is 0 Å². The van der Waals surface area contributed by atoms with Gasteiger partial charge in [0.15, 0.2) is 11.6 Å². The summed E-state index contributed by atoms with van der Waals surface area (Å²) in [4.78, 5) is 0.0909. The number of thiocarbonyl (C=S) groups is 1. The molecule has 0 heterocycles. The molecule has 0 radical (unpaired) electrons. The Kier molecular flexibility index (Phi) is 4.86. The SMILES string of the molecule is NC(=S)c1ccc(Oc2cc(Cl)cc(Cl)c2)c(F)c1Br. The number of halogens is 4. The molecule has 2 N–H and O–H groups in total. The Hall–Kier alpha value is -0.880. The third-order valence-corrected chi connectivity index (χ3v) is 3.81. The molecule has 2 rings (SSSR count). The summed E-state index contributed by atoms with van der Waals surface area (Å²) in [5, 5.41) is 0.790. The monoisotopic (exact) mass is 393 g/mol. The van der Waals surface area contributed by atoms with Crippen LogP contribution in [0.4, 0.5) is 4.39 Å². The first-order chi connectivity index (χ1) is 9.38. The van der Waals surface area contributed by atoms with Crippen molar-refractivity contribution in [3.8, 4) is 11.5 Å². The number of hydrogen-bond donors (Lipinski definition) is 1. The van der Waals surface area contributed by atoms with E-state index in [9.17, 15) is 4.39 Å². The van der Waals surface area contributed by atoms with Crippen LogP contribution in [0.25, 0.3) is 0 Å². The lowest BCUT2D eigenvalue weighted by molar-refractivity contribution is 0.440. The molecule has 0 saturated heterocycles. The first-order valence-electron chi connectivity index (χ1n) is 5.30. The maximum atomic E-state index is 14.2. The van der Waals surface area contributed by atoms with Gasteiger partial charge in [-0.15, -0.1) is 0 Å². The quantitative estimate of drug-likeness (QED) is 0.715. The van der Waals surface area contributed by atoms with Crippen molar-refractivity contribution in [2.75, 3.05) is 0 Å². The second-order valence-electron chi connectivity index (χ2n) is 3.81. The highest BCUT2D eigenvalue weighted by atomic mass is 79.9. The van der Waals surface area contributed by atoms with Crippen molar-refractivity contribution in [3.05, 3.63) is 56.2 Å². The molecule has 7 heteroatoms. The largest absolute Gasteiger partial charge is 0.454 e. The van der Waals surface area contributed by atoms with E-state index in [1.165, 1.54) is 18.2 Å². The van der Waals surface area contributed by atoms with Gasteiger partial charge in [-0.2, -0.15) is 0 Å². The summed E-state index contributed by atoms with van der Waals surface area (Å²) in [7, 11) is 0. The number of hydrogen-bond acceptors (Lipinski definition) is 2. The predicted octanol–water partition coefficient (Wildman–Crippen LogP) is 5.32. The normalized spacial score (nSPS) is 10.4. The molecule has 20 heavy (non-hydrogen) atoms. The minimum atomic E-state index is -0.605. The molecule has 104 valence electrons. The molecule has 0 saturated carbocycles. The minimum Gasteiger partial charge on any atom is -0.454 e. The van der Waals surface area contributed by atoms with Crippen molar-refractivity contribution in [2.24, 2.45) is 5.73 Å². The van der Waals surface area contributed by atoms with Gasteiger partial charge >= 0.3 is 0 Å². The van der Waals surface area contributed by atoms with Crippen LogP contribution in [0, 0.1) is 5.82 Å². The van der Waals surface area contributed by atoms with Gasteiger partial charge in [0.25, 0.3) is 0 Å². The van der Waals surface area contributed by atoms with Crippen LogP contribution in [-0.2, 0) is 0 Å². The second kappa shape index (κ2) is 6.26.